The average Bonchev–Trinajstić information content (AvgIpc) is 2.57. The lowest BCUT2D eigenvalue weighted by Gasteiger charge is -2.36. The molecule has 0 radical (unpaired) electrons. The maximum absolute atomic E-state index is 12.5. The first kappa shape index (κ1) is 13.8. The monoisotopic (exact) mass is 289 g/mol. The van der Waals surface area contributed by atoms with Gasteiger partial charge in [-0.05, 0) is 25.2 Å². The quantitative estimate of drug-likeness (QED) is 0.901. The van der Waals surface area contributed by atoms with Crippen LogP contribution in [-0.2, 0) is 10.0 Å². The number of nitrogens with zero attached hydrogens (tertiary/aromatic N) is 2. The number of sulfonamides is 1. The van der Waals surface area contributed by atoms with Crippen LogP contribution in [-0.4, -0.2) is 30.8 Å². The third-order valence-corrected chi connectivity index (χ3v) is 6.63. The van der Waals surface area contributed by atoms with Gasteiger partial charge in [-0.25, -0.2) is 13.4 Å². The molecule has 0 aromatic carbocycles. The first-order valence-electron chi connectivity index (χ1n) is 5.95. The largest absolute Gasteiger partial charge is 0.375 e. The van der Waals surface area contributed by atoms with Crippen molar-refractivity contribution in [2.75, 3.05) is 18.8 Å². The van der Waals surface area contributed by atoms with E-state index >= 15 is 0 Å². The zero-order valence-corrected chi connectivity index (χ0v) is 12.6. The normalized spacial score (nSPS) is 21.1. The van der Waals surface area contributed by atoms with E-state index in [9.17, 15) is 8.42 Å². The third-order valence-electron chi connectivity index (χ3n) is 3.21. The molecule has 0 unspecified atom stereocenters. The SMILES string of the molecule is Cc1nc(N)sc1S(=O)(=O)N1CCCC(C)(C)C1. The molecule has 18 heavy (non-hydrogen) atoms. The van der Waals surface area contributed by atoms with Crippen LogP contribution in [0.15, 0.2) is 4.21 Å². The first-order valence-corrected chi connectivity index (χ1v) is 8.21. The molecule has 7 heteroatoms. The maximum atomic E-state index is 12.5. The zero-order chi connectivity index (χ0) is 13.6. The van der Waals surface area contributed by atoms with Crippen molar-refractivity contribution in [3.8, 4) is 0 Å². The molecule has 1 aromatic heterocycles. The van der Waals surface area contributed by atoms with Gasteiger partial charge in [0.15, 0.2) is 9.34 Å². The van der Waals surface area contributed by atoms with Crippen molar-refractivity contribution in [2.24, 2.45) is 5.41 Å². The molecule has 0 amide bonds. The number of anilines is 1. The Labute approximate surface area is 112 Å². The van der Waals surface area contributed by atoms with Gasteiger partial charge in [0.1, 0.15) is 0 Å². The number of hydrogen-bond donors (Lipinski definition) is 1. The molecule has 1 aromatic rings. The highest BCUT2D eigenvalue weighted by molar-refractivity contribution is 7.91. The number of aryl methyl sites for hydroxylation is 1. The Morgan fingerprint density at radius 1 is 1.44 bits per heavy atom. The molecule has 102 valence electrons. The smallest absolute Gasteiger partial charge is 0.254 e. The lowest BCUT2D eigenvalue weighted by molar-refractivity contribution is 0.187. The van der Waals surface area contributed by atoms with Crippen molar-refractivity contribution in [3.05, 3.63) is 5.69 Å². The number of aromatic nitrogens is 1. The minimum absolute atomic E-state index is 0.0372. The van der Waals surface area contributed by atoms with E-state index in [0.717, 1.165) is 24.2 Å². The predicted molar refractivity (Wildman–Crippen MR) is 73.0 cm³/mol. The van der Waals surface area contributed by atoms with Gasteiger partial charge in [0.05, 0.1) is 5.69 Å². The van der Waals surface area contributed by atoms with Gasteiger partial charge in [-0.2, -0.15) is 4.31 Å². The summed E-state index contributed by atoms with van der Waals surface area (Å²) in [6.45, 7) is 7.04. The summed E-state index contributed by atoms with van der Waals surface area (Å²) in [6, 6.07) is 0. The van der Waals surface area contributed by atoms with Crippen LogP contribution in [0.3, 0.4) is 0 Å². The lowest BCUT2D eigenvalue weighted by atomic mass is 9.85. The molecule has 2 rings (SSSR count). The number of nitrogens with two attached hydrogens (primary N) is 1. The minimum Gasteiger partial charge on any atom is -0.375 e. The Hall–Kier alpha value is -0.660. The summed E-state index contributed by atoms with van der Waals surface area (Å²) in [5, 5.41) is 0.308. The second-order valence-corrected chi connectivity index (χ2v) is 8.70. The van der Waals surface area contributed by atoms with Crippen molar-refractivity contribution in [2.45, 2.75) is 37.8 Å². The summed E-state index contributed by atoms with van der Waals surface area (Å²) in [7, 11) is -3.43. The van der Waals surface area contributed by atoms with Crippen LogP contribution in [0.5, 0.6) is 0 Å². The molecule has 1 aliphatic heterocycles. The van der Waals surface area contributed by atoms with E-state index in [2.05, 4.69) is 18.8 Å². The van der Waals surface area contributed by atoms with Crippen molar-refractivity contribution in [1.82, 2.24) is 9.29 Å². The van der Waals surface area contributed by atoms with E-state index in [1.54, 1.807) is 11.2 Å². The zero-order valence-electron chi connectivity index (χ0n) is 10.9. The average molecular weight is 289 g/mol. The topological polar surface area (TPSA) is 76.3 Å². The Bertz CT molecular complexity index is 549. The predicted octanol–water partition coefficient (Wildman–Crippen LogP) is 1.84. The number of piperidine rings is 1. The van der Waals surface area contributed by atoms with Gasteiger partial charge in [-0.3, -0.25) is 0 Å². The summed E-state index contributed by atoms with van der Waals surface area (Å²) in [6.07, 6.45) is 1.96. The van der Waals surface area contributed by atoms with Crippen molar-refractivity contribution in [1.29, 1.82) is 0 Å². The molecule has 0 bridgehead atoms. The Kier molecular flexibility index (Phi) is 3.42. The lowest BCUT2D eigenvalue weighted by Crippen LogP contribution is -2.43. The van der Waals surface area contributed by atoms with E-state index in [0.29, 0.717) is 23.9 Å². The van der Waals surface area contributed by atoms with Crippen molar-refractivity contribution >= 4 is 26.5 Å². The molecule has 1 fully saturated rings. The second-order valence-electron chi connectivity index (χ2n) is 5.53. The fourth-order valence-corrected chi connectivity index (χ4v) is 5.44. The highest BCUT2D eigenvalue weighted by Crippen LogP contribution is 2.34. The van der Waals surface area contributed by atoms with Gasteiger partial charge in [-0.15, -0.1) is 0 Å². The highest BCUT2D eigenvalue weighted by atomic mass is 32.2. The van der Waals surface area contributed by atoms with Gasteiger partial charge in [-0.1, -0.05) is 25.2 Å². The Morgan fingerprint density at radius 3 is 2.61 bits per heavy atom. The van der Waals surface area contributed by atoms with Crippen LogP contribution < -0.4 is 5.73 Å². The number of hydrogen-bond acceptors (Lipinski definition) is 5. The molecular weight excluding hydrogens is 270 g/mol. The van der Waals surface area contributed by atoms with Gasteiger partial charge in [0.25, 0.3) is 10.0 Å². The van der Waals surface area contributed by atoms with E-state index in [1.807, 2.05) is 0 Å². The summed E-state index contributed by atoms with van der Waals surface area (Å²) < 4.78 is 27.0. The van der Waals surface area contributed by atoms with E-state index in [-0.39, 0.29) is 9.62 Å². The molecule has 1 aliphatic rings. The molecule has 0 atom stereocenters. The number of nitrogen functional groups attached to an aromatic ring is 1. The second kappa shape index (κ2) is 4.47. The van der Waals surface area contributed by atoms with Gasteiger partial charge in [0, 0.05) is 13.1 Å². The van der Waals surface area contributed by atoms with Crippen molar-refractivity contribution in [3.63, 3.8) is 0 Å². The van der Waals surface area contributed by atoms with Crippen LogP contribution in [0.1, 0.15) is 32.4 Å². The van der Waals surface area contributed by atoms with Gasteiger partial charge < -0.3 is 5.73 Å². The fourth-order valence-electron chi connectivity index (χ4n) is 2.33. The summed E-state index contributed by atoms with van der Waals surface area (Å²) in [4.78, 5) is 4.00. The molecule has 2 N–H and O–H groups in total. The van der Waals surface area contributed by atoms with Crippen LogP contribution >= 0.6 is 11.3 Å². The molecule has 1 saturated heterocycles. The summed E-state index contributed by atoms with van der Waals surface area (Å²) in [5.74, 6) is 0. The number of thiazole rings is 1. The minimum atomic E-state index is -3.43. The highest BCUT2D eigenvalue weighted by Gasteiger charge is 2.36. The third kappa shape index (κ3) is 2.53. The van der Waals surface area contributed by atoms with Gasteiger partial charge >= 0.3 is 0 Å². The molecule has 5 nitrogen and oxygen atoms in total. The summed E-state index contributed by atoms with van der Waals surface area (Å²) in [5.41, 5.74) is 6.12. The Morgan fingerprint density at radius 2 is 2.11 bits per heavy atom. The Balaban J connectivity index is 2.34. The standard InChI is InChI=1S/C11H19N3O2S2/c1-8-9(17-10(12)13-8)18(15,16)14-6-4-5-11(2,3)7-14/h4-7H2,1-3H3,(H2,12,13). The van der Waals surface area contributed by atoms with Gasteiger partial charge in [0.2, 0.25) is 0 Å². The van der Waals surface area contributed by atoms with Crippen LogP contribution in [0.4, 0.5) is 5.13 Å². The summed E-state index contributed by atoms with van der Waals surface area (Å²) >= 11 is 1.05. The van der Waals surface area contributed by atoms with Crippen LogP contribution in [0.2, 0.25) is 0 Å². The molecular formula is C11H19N3O2S2. The molecule has 0 spiro atoms. The fraction of sp³-hybridized carbons (Fsp3) is 0.727. The van der Waals surface area contributed by atoms with E-state index < -0.39 is 10.0 Å². The molecule has 0 saturated carbocycles. The van der Waals surface area contributed by atoms with E-state index in [4.69, 9.17) is 5.73 Å². The number of rotatable bonds is 2. The molecule has 2 heterocycles. The van der Waals surface area contributed by atoms with Crippen LogP contribution in [0.25, 0.3) is 0 Å². The maximum Gasteiger partial charge on any atom is 0.254 e. The van der Waals surface area contributed by atoms with Crippen molar-refractivity contribution < 1.29 is 8.42 Å². The first-order chi connectivity index (χ1) is 8.22. The van der Waals surface area contributed by atoms with E-state index in [1.165, 1.54) is 0 Å². The van der Waals surface area contributed by atoms with Crippen LogP contribution in [0, 0.1) is 12.3 Å². The molecule has 0 aliphatic carbocycles.